The summed E-state index contributed by atoms with van der Waals surface area (Å²) in [6.07, 6.45) is 1.66. The van der Waals surface area contributed by atoms with E-state index in [0.29, 0.717) is 5.69 Å². The van der Waals surface area contributed by atoms with Gasteiger partial charge in [0, 0.05) is 41.5 Å². The van der Waals surface area contributed by atoms with E-state index >= 15 is 0 Å². The summed E-state index contributed by atoms with van der Waals surface area (Å²) in [5.41, 5.74) is 2.37. The Bertz CT molecular complexity index is 788. The van der Waals surface area contributed by atoms with Crippen LogP contribution in [-0.4, -0.2) is 38.1 Å². The molecule has 2 aromatic rings. The van der Waals surface area contributed by atoms with Crippen LogP contribution in [0.15, 0.2) is 35.2 Å². The van der Waals surface area contributed by atoms with Gasteiger partial charge in [-0.3, -0.25) is 13.7 Å². The molecule has 1 aromatic carbocycles. The summed E-state index contributed by atoms with van der Waals surface area (Å²) in [6.45, 7) is 8.22. The minimum atomic E-state index is -1.00. The fraction of sp³-hybridized carbons (Fsp3) is 0.474. The van der Waals surface area contributed by atoms with Crippen molar-refractivity contribution in [1.29, 1.82) is 0 Å². The van der Waals surface area contributed by atoms with Gasteiger partial charge in [0.05, 0.1) is 11.7 Å². The van der Waals surface area contributed by atoms with Gasteiger partial charge in [-0.1, -0.05) is 32.9 Å². The molecule has 136 valence electrons. The predicted molar refractivity (Wildman–Crippen MR) is 101 cm³/mol. The number of aromatic nitrogens is 2. The largest absolute Gasteiger partial charge is 0.334 e. The van der Waals surface area contributed by atoms with Gasteiger partial charge >= 0.3 is 0 Å². The topological polar surface area (TPSA) is 55.2 Å². The Balaban J connectivity index is 2.24. The Morgan fingerprint density at radius 1 is 1.24 bits per heavy atom. The highest BCUT2D eigenvalue weighted by Crippen LogP contribution is 2.25. The molecule has 0 aliphatic carbocycles. The van der Waals surface area contributed by atoms with Gasteiger partial charge in [0.25, 0.3) is 5.91 Å². The third-order valence-electron chi connectivity index (χ3n) is 4.46. The number of amides is 1. The maximum atomic E-state index is 12.9. The van der Waals surface area contributed by atoms with E-state index in [1.807, 2.05) is 37.3 Å². The highest BCUT2D eigenvalue weighted by Gasteiger charge is 2.25. The van der Waals surface area contributed by atoms with Crippen LogP contribution in [-0.2, 0) is 23.3 Å². The number of hydrogen-bond acceptors (Lipinski definition) is 3. The van der Waals surface area contributed by atoms with E-state index in [-0.39, 0.29) is 17.4 Å². The first-order valence-corrected chi connectivity index (χ1v) is 9.83. The first-order valence-electron chi connectivity index (χ1n) is 8.27. The second kappa shape index (κ2) is 7.12. The molecule has 25 heavy (non-hydrogen) atoms. The molecule has 2 atom stereocenters. The van der Waals surface area contributed by atoms with E-state index in [2.05, 4.69) is 25.9 Å². The molecule has 5 nitrogen and oxygen atoms in total. The summed E-state index contributed by atoms with van der Waals surface area (Å²) in [5.74, 6) is -0.0684. The molecule has 0 unspecified atom stereocenters. The van der Waals surface area contributed by atoms with E-state index in [4.69, 9.17) is 0 Å². The Kier molecular flexibility index (Phi) is 5.52. The molecule has 0 aliphatic rings. The summed E-state index contributed by atoms with van der Waals surface area (Å²) in [4.78, 5) is 15.4. The number of hydrogen-bond donors (Lipinski definition) is 0. The van der Waals surface area contributed by atoms with Crippen LogP contribution in [0.3, 0.4) is 0 Å². The molecule has 0 fully saturated rings. The normalized spacial score (nSPS) is 14.2. The van der Waals surface area contributed by atoms with Crippen LogP contribution in [0.25, 0.3) is 0 Å². The van der Waals surface area contributed by atoms with Crippen molar-refractivity contribution in [2.45, 2.75) is 44.0 Å². The lowest BCUT2D eigenvalue weighted by molar-refractivity contribution is 0.0731. The highest BCUT2D eigenvalue weighted by atomic mass is 32.2. The molecular weight excluding hydrogens is 334 g/mol. The van der Waals surface area contributed by atoms with Gasteiger partial charge in [0.2, 0.25) is 0 Å². The summed E-state index contributed by atoms with van der Waals surface area (Å²) in [5, 5.41) is 4.48. The second-order valence-corrected chi connectivity index (χ2v) is 8.78. The molecule has 0 aliphatic heterocycles. The van der Waals surface area contributed by atoms with E-state index < -0.39 is 10.8 Å². The van der Waals surface area contributed by atoms with Crippen LogP contribution in [0.2, 0.25) is 0 Å². The number of carbonyl (C=O) groups excluding carboxylic acids is 1. The van der Waals surface area contributed by atoms with Gasteiger partial charge in [-0.15, -0.1) is 0 Å². The SMILES string of the molecule is C[C@H](c1ccc([S@](C)=O)cc1)N(C)C(=O)c1cc(C(C)(C)C)nn1C. The average molecular weight is 362 g/mol. The summed E-state index contributed by atoms with van der Waals surface area (Å²) >= 11 is 0. The van der Waals surface area contributed by atoms with E-state index in [9.17, 15) is 9.00 Å². The van der Waals surface area contributed by atoms with Gasteiger partial charge in [-0.05, 0) is 30.7 Å². The quantitative estimate of drug-likeness (QED) is 0.840. The van der Waals surface area contributed by atoms with E-state index in [1.54, 1.807) is 29.9 Å². The fourth-order valence-electron chi connectivity index (χ4n) is 2.55. The minimum Gasteiger partial charge on any atom is -0.334 e. The van der Waals surface area contributed by atoms with Crippen molar-refractivity contribution >= 4 is 16.7 Å². The molecule has 0 N–H and O–H groups in total. The maximum absolute atomic E-state index is 12.9. The standard InChI is InChI=1S/C19H27N3O2S/c1-13(14-8-10-15(11-9-14)25(7)24)21(5)18(23)16-12-17(19(2,3)4)20-22(16)6/h8-13H,1-7H3/t13-,25+/m1/s1. The first kappa shape index (κ1) is 19.4. The van der Waals surface area contributed by atoms with Crippen molar-refractivity contribution < 1.29 is 9.00 Å². The van der Waals surface area contributed by atoms with Crippen LogP contribution < -0.4 is 0 Å². The zero-order chi connectivity index (χ0) is 18.9. The molecule has 0 saturated carbocycles. The number of nitrogens with zero attached hydrogens (tertiary/aromatic N) is 3. The molecular formula is C19H27N3O2S. The van der Waals surface area contributed by atoms with Crippen LogP contribution in [0.4, 0.5) is 0 Å². The molecule has 6 heteroatoms. The third-order valence-corrected chi connectivity index (χ3v) is 5.40. The van der Waals surface area contributed by atoms with Crippen LogP contribution in [0.5, 0.6) is 0 Å². The van der Waals surface area contributed by atoms with Gasteiger partial charge in [0.1, 0.15) is 5.69 Å². The van der Waals surface area contributed by atoms with Gasteiger partial charge < -0.3 is 4.90 Å². The number of rotatable bonds is 4. The summed E-state index contributed by atoms with van der Waals surface area (Å²) in [7, 11) is 2.59. The van der Waals surface area contributed by atoms with Crippen LogP contribution in [0, 0.1) is 0 Å². The summed E-state index contributed by atoms with van der Waals surface area (Å²) in [6, 6.07) is 9.32. The second-order valence-electron chi connectivity index (χ2n) is 7.40. The number of aryl methyl sites for hydroxylation is 1. The predicted octanol–water partition coefficient (Wildman–Crippen LogP) is 3.29. The average Bonchev–Trinajstić information content (AvgIpc) is 2.95. The van der Waals surface area contributed by atoms with Crippen molar-refractivity contribution in [2.75, 3.05) is 13.3 Å². The molecule has 1 aromatic heterocycles. The van der Waals surface area contributed by atoms with E-state index in [1.165, 1.54) is 0 Å². The van der Waals surface area contributed by atoms with E-state index in [0.717, 1.165) is 16.2 Å². The van der Waals surface area contributed by atoms with Crippen LogP contribution in [0.1, 0.15) is 55.5 Å². The zero-order valence-corrected chi connectivity index (χ0v) is 16.8. The Hall–Kier alpha value is -1.95. The van der Waals surface area contributed by atoms with Crippen LogP contribution >= 0.6 is 0 Å². The Morgan fingerprint density at radius 3 is 2.24 bits per heavy atom. The Morgan fingerprint density at radius 2 is 1.80 bits per heavy atom. The lowest BCUT2D eigenvalue weighted by Crippen LogP contribution is -2.31. The smallest absolute Gasteiger partial charge is 0.272 e. The van der Waals surface area contributed by atoms with Crippen molar-refractivity contribution in [3.63, 3.8) is 0 Å². The maximum Gasteiger partial charge on any atom is 0.272 e. The minimum absolute atomic E-state index is 0.0684. The third kappa shape index (κ3) is 4.18. The molecule has 1 heterocycles. The van der Waals surface area contributed by atoms with Crippen molar-refractivity contribution in [3.05, 3.63) is 47.3 Å². The summed E-state index contributed by atoms with van der Waals surface area (Å²) < 4.78 is 13.2. The lowest BCUT2D eigenvalue weighted by Gasteiger charge is -2.25. The van der Waals surface area contributed by atoms with Crippen molar-refractivity contribution in [3.8, 4) is 0 Å². The van der Waals surface area contributed by atoms with Gasteiger partial charge in [-0.25, -0.2) is 0 Å². The molecule has 0 saturated heterocycles. The highest BCUT2D eigenvalue weighted by molar-refractivity contribution is 7.84. The van der Waals surface area contributed by atoms with Gasteiger partial charge in [-0.2, -0.15) is 5.10 Å². The fourth-order valence-corrected chi connectivity index (χ4v) is 3.07. The van der Waals surface area contributed by atoms with Gasteiger partial charge in [0.15, 0.2) is 0 Å². The monoisotopic (exact) mass is 361 g/mol. The van der Waals surface area contributed by atoms with Crippen molar-refractivity contribution in [1.82, 2.24) is 14.7 Å². The van der Waals surface area contributed by atoms with Crippen molar-refractivity contribution in [2.24, 2.45) is 7.05 Å². The Labute approximate surface area is 152 Å². The number of carbonyl (C=O) groups is 1. The molecule has 1 amide bonds. The first-order chi connectivity index (χ1) is 11.5. The molecule has 0 bridgehead atoms. The molecule has 0 radical (unpaired) electrons. The molecule has 2 rings (SSSR count). The zero-order valence-electron chi connectivity index (χ0n) is 16.0. The molecule has 0 spiro atoms. The number of benzene rings is 1. The lowest BCUT2D eigenvalue weighted by atomic mass is 9.92.